The number of anilines is 1. The van der Waals surface area contributed by atoms with Crippen molar-refractivity contribution in [3.8, 4) is 11.9 Å². The van der Waals surface area contributed by atoms with E-state index in [1.165, 1.54) is 21.2 Å². The number of hydrogen-bond acceptors (Lipinski definition) is 7. The molecule has 0 radical (unpaired) electrons. The number of rotatable bonds is 0. The second-order valence-corrected chi connectivity index (χ2v) is 7.53. The van der Waals surface area contributed by atoms with E-state index in [1.54, 1.807) is 31.3 Å². The van der Waals surface area contributed by atoms with Crippen LogP contribution in [0.25, 0.3) is 0 Å². The van der Waals surface area contributed by atoms with Gasteiger partial charge < -0.3 is 15.4 Å². The largest absolute Gasteiger partial charge is 0.421 e. The van der Waals surface area contributed by atoms with Crippen LogP contribution < -0.4 is 20.9 Å². The molecule has 27 heavy (non-hydrogen) atoms. The summed E-state index contributed by atoms with van der Waals surface area (Å²) in [5, 5.41) is 10.4. The third kappa shape index (κ3) is 1.71. The van der Waals surface area contributed by atoms with Crippen LogP contribution in [0.4, 0.5) is 5.69 Å². The average molecular weight is 379 g/mol. The van der Waals surface area contributed by atoms with E-state index in [0.717, 1.165) is 0 Å². The molecule has 1 amide bonds. The number of fused-ring (bicyclic) bond motifs is 5. The van der Waals surface area contributed by atoms with E-state index in [2.05, 4.69) is 4.98 Å². The van der Waals surface area contributed by atoms with Crippen molar-refractivity contribution in [3.63, 3.8) is 0 Å². The van der Waals surface area contributed by atoms with Crippen LogP contribution in [0.3, 0.4) is 0 Å². The van der Waals surface area contributed by atoms with E-state index in [1.807, 2.05) is 6.07 Å². The lowest BCUT2D eigenvalue weighted by molar-refractivity contribution is -0.120. The van der Waals surface area contributed by atoms with E-state index >= 15 is 0 Å². The summed E-state index contributed by atoms with van der Waals surface area (Å²) in [7, 11) is 1.62. The monoisotopic (exact) mass is 379 g/mol. The van der Waals surface area contributed by atoms with Gasteiger partial charge >= 0.3 is 0 Å². The van der Waals surface area contributed by atoms with Crippen molar-refractivity contribution in [1.29, 1.82) is 5.26 Å². The van der Waals surface area contributed by atoms with Gasteiger partial charge in [-0.25, -0.2) is 0 Å². The van der Waals surface area contributed by atoms with Gasteiger partial charge in [0.15, 0.2) is 10.6 Å². The maximum absolute atomic E-state index is 13.5. The number of benzene rings is 1. The minimum atomic E-state index is -1.64. The number of nitriles is 1. The SMILES string of the molecule is CN1C(=O)C2(C(C#N)=C(N)Oc3nc4n(c(=O)c32)CCS4)c2ccccc21. The third-order valence-corrected chi connectivity index (χ3v) is 6.21. The highest BCUT2D eigenvalue weighted by molar-refractivity contribution is 7.99. The molecule has 5 rings (SSSR count). The lowest BCUT2D eigenvalue weighted by atomic mass is 9.69. The van der Waals surface area contributed by atoms with Crippen LogP contribution in [0.1, 0.15) is 11.1 Å². The van der Waals surface area contributed by atoms with Gasteiger partial charge in [0.05, 0.1) is 0 Å². The van der Waals surface area contributed by atoms with Crippen molar-refractivity contribution in [3.05, 3.63) is 57.2 Å². The first-order chi connectivity index (χ1) is 13.0. The molecular weight excluding hydrogens is 366 g/mol. The molecule has 8 nitrogen and oxygen atoms in total. The van der Waals surface area contributed by atoms with Crippen molar-refractivity contribution < 1.29 is 9.53 Å². The Morgan fingerprint density at radius 2 is 2.15 bits per heavy atom. The number of carbonyl (C=O) groups is 1. The summed E-state index contributed by atoms with van der Waals surface area (Å²) in [4.78, 5) is 32.8. The minimum absolute atomic E-state index is 0.00407. The fourth-order valence-corrected chi connectivity index (χ4v) is 5.03. The van der Waals surface area contributed by atoms with E-state index in [4.69, 9.17) is 10.5 Å². The number of likely N-dealkylation sites (N-methyl/N-ethyl adjacent to an activating group) is 1. The first-order valence-electron chi connectivity index (χ1n) is 8.25. The van der Waals surface area contributed by atoms with Crippen LogP contribution >= 0.6 is 11.8 Å². The molecule has 3 aliphatic heterocycles. The normalized spacial score (nSPS) is 22.4. The summed E-state index contributed by atoms with van der Waals surface area (Å²) >= 11 is 1.44. The topological polar surface area (TPSA) is 114 Å². The molecule has 0 saturated carbocycles. The van der Waals surface area contributed by atoms with Gasteiger partial charge in [0.2, 0.25) is 17.7 Å². The van der Waals surface area contributed by atoms with Crippen LogP contribution in [0.2, 0.25) is 0 Å². The molecule has 0 saturated heterocycles. The van der Waals surface area contributed by atoms with Gasteiger partial charge in [-0.3, -0.25) is 14.2 Å². The first-order valence-corrected chi connectivity index (χ1v) is 9.24. The third-order valence-electron chi connectivity index (χ3n) is 5.26. The van der Waals surface area contributed by atoms with Gasteiger partial charge in [-0.1, -0.05) is 30.0 Å². The van der Waals surface area contributed by atoms with Crippen LogP contribution in [0.15, 0.2) is 45.7 Å². The van der Waals surface area contributed by atoms with E-state index in [9.17, 15) is 14.9 Å². The molecule has 1 atom stereocenters. The predicted molar refractivity (Wildman–Crippen MR) is 97.3 cm³/mol. The lowest BCUT2D eigenvalue weighted by Gasteiger charge is -2.33. The molecular formula is C18H13N5O3S. The molecule has 1 aromatic carbocycles. The molecule has 2 N–H and O–H groups in total. The Hall–Kier alpha value is -3.25. The summed E-state index contributed by atoms with van der Waals surface area (Å²) in [6.45, 7) is 0.488. The second-order valence-electron chi connectivity index (χ2n) is 6.46. The fourth-order valence-electron chi connectivity index (χ4n) is 4.09. The number of para-hydroxylation sites is 1. The Balaban J connectivity index is 1.98. The summed E-state index contributed by atoms with van der Waals surface area (Å²) in [5.74, 6) is 0.0769. The second kappa shape index (κ2) is 5.14. The summed E-state index contributed by atoms with van der Waals surface area (Å²) in [5.41, 5.74) is 5.14. The number of nitrogens with zero attached hydrogens (tertiary/aromatic N) is 4. The molecule has 9 heteroatoms. The van der Waals surface area contributed by atoms with Gasteiger partial charge in [0, 0.05) is 30.6 Å². The molecule has 1 aromatic heterocycles. The van der Waals surface area contributed by atoms with Gasteiger partial charge in [-0.2, -0.15) is 10.2 Å². The number of ether oxygens (including phenoxy) is 1. The molecule has 0 bridgehead atoms. The van der Waals surface area contributed by atoms with Gasteiger partial charge in [0.1, 0.15) is 17.2 Å². The maximum atomic E-state index is 13.5. The number of aromatic nitrogens is 2. The highest BCUT2D eigenvalue weighted by Crippen LogP contribution is 2.53. The lowest BCUT2D eigenvalue weighted by Crippen LogP contribution is -2.49. The Morgan fingerprint density at radius 1 is 1.37 bits per heavy atom. The Bertz CT molecular complexity index is 1180. The van der Waals surface area contributed by atoms with Crippen LogP contribution in [-0.2, 0) is 16.8 Å². The highest BCUT2D eigenvalue weighted by atomic mass is 32.2. The Kier molecular flexibility index (Phi) is 3.04. The maximum Gasteiger partial charge on any atom is 0.263 e. The first kappa shape index (κ1) is 16.0. The number of amides is 1. The number of carbonyl (C=O) groups excluding carboxylic acids is 1. The Morgan fingerprint density at radius 3 is 2.93 bits per heavy atom. The standard InChI is InChI=1S/C18H13N5O3S/c1-22-11-5-3-2-4-9(11)18(16(22)25)10(8-19)13(20)26-14-12(18)15(24)23-6-7-27-17(23)21-14/h2-5H,6-7,20H2,1H3. The van der Waals surface area contributed by atoms with Crippen LogP contribution in [-0.4, -0.2) is 28.3 Å². The average Bonchev–Trinajstić information content (AvgIpc) is 3.21. The van der Waals surface area contributed by atoms with Crippen molar-refractivity contribution in [2.24, 2.45) is 5.73 Å². The fraction of sp³-hybridized carbons (Fsp3) is 0.222. The van der Waals surface area contributed by atoms with E-state index < -0.39 is 11.3 Å². The molecule has 134 valence electrons. The van der Waals surface area contributed by atoms with E-state index in [0.29, 0.717) is 28.7 Å². The molecule has 3 aliphatic rings. The zero-order valence-electron chi connectivity index (χ0n) is 14.2. The minimum Gasteiger partial charge on any atom is -0.421 e. The molecule has 1 unspecified atom stereocenters. The molecule has 0 aliphatic carbocycles. The number of hydrogen-bond donors (Lipinski definition) is 1. The van der Waals surface area contributed by atoms with Gasteiger partial charge in [-0.05, 0) is 6.07 Å². The predicted octanol–water partition coefficient (Wildman–Crippen LogP) is 0.698. The molecule has 2 aromatic rings. The zero-order chi connectivity index (χ0) is 18.9. The Labute approximate surface area is 157 Å². The van der Waals surface area contributed by atoms with Crippen molar-refractivity contribution in [2.45, 2.75) is 17.1 Å². The van der Waals surface area contributed by atoms with Crippen molar-refractivity contribution >= 4 is 23.4 Å². The van der Waals surface area contributed by atoms with Crippen LogP contribution in [0.5, 0.6) is 5.88 Å². The van der Waals surface area contributed by atoms with E-state index in [-0.39, 0.29) is 28.5 Å². The molecule has 1 spiro atoms. The smallest absolute Gasteiger partial charge is 0.263 e. The summed E-state index contributed by atoms with van der Waals surface area (Å²) in [6.07, 6.45) is 0. The summed E-state index contributed by atoms with van der Waals surface area (Å²) in [6, 6.07) is 9.09. The van der Waals surface area contributed by atoms with Gasteiger partial charge in [0.25, 0.3) is 5.56 Å². The number of thioether (sulfide) groups is 1. The van der Waals surface area contributed by atoms with Crippen LogP contribution in [0, 0.1) is 11.3 Å². The van der Waals surface area contributed by atoms with Gasteiger partial charge in [-0.15, -0.1) is 0 Å². The summed E-state index contributed by atoms with van der Waals surface area (Å²) < 4.78 is 7.08. The number of nitrogens with two attached hydrogens (primary N) is 1. The molecule has 0 fully saturated rings. The molecule has 4 heterocycles. The quantitative estimate of drug-likeness (QED) is 0.670. The van der Waals surface area contributed by atoms with Crippen molar-refractivity contribution in [2.75, 3.05) is 17.7 Å². The van der Waals surface area contributed by atoms with Crippen molar-refractivity contribution in [1.82, 2.24) is 9.55 Å². The zero-order valence-corrected chi connectivity index (χ0v) is 15.0. The highest BCUT2D eigenvalue weighted by Gasteiger charge is 2.60.